The van der Waals surface area contributed by atoms with Crippen LogP contribution in [0.15, 0.2) is 35.1 Å². The molecule has 1 heterocycles. The SMILES string of the molecule is CCNCc1cc(-c2ccc(OCC)cc2)nn(C)c1=O. The average molecular weight is 287 g/mol. The molecule has 0 aliphatic carbocycles. The van der Waals surface area contributed by atoms with Crippen LogP contribution in [-0.2, 0) is 13.6 Å². The number of benzene rings is 1. The highest BCUT2D eigenvalue weighted by Gasteiger charge is 2.08. The lowest BCUT2D eigenvalue weighted by Gasteiger charge is -2.09. The number of aryl methyl sites for hydroxylation is 1. The van der Waals surface area contributed by atoms with Gasteiger partial charge in [0.15, 0.2) is 0 Å². The summed E-state index contributed by atoms with van der Waals surface area (Å²) in [6, 6.07) is 9.58. The van der Waals surface area contributed by atoms with E-state index in [-0.39, 0.29) is 5.56 Å². The zero-order valence-corrected chi connectivity index (χ0v) is 12.7. The first-order valence-electron chi connectivity index (χ1n) is 7.16. The number of nitrogens with one attached hydrogen (secondary N) is 1. The van der Waals surface area contributed by atoms with E-state index in [9.17, 15) is 4.79 Å². The fourth-order valence-corrected chi connectivity index (χ4v) is 2.09. The van der Waals surface area contributed by atoms with E-state index in [0.717, 1.165) is 29.1 Å². The summed E-state index contributed by atoms with van der Waals surface area (Å²) in [4.78, 5) is 12.0. The van der Waals surface area contributed by atoms with Gasteiger partial charge in [-0.25, -0.2) is 4.68 Å². The molecule has 0 atom stereocenters. The van der Waals surface area contributed by atoms with Gasteiger partial charge in [-0.3, -0.25) is 4.79 Å². The average Bonchev–Trinajstić information content (AvgIpc) is 2.50. The van der Waals surface area contributed by atoms with Crippen molar-refractivity contribution in [2.75, 3.05) is 13.2 Å². The summed E-state index contributed by atoms with van der Waals surface area (Å²) in [6.07, 6.45) is 0. The molecule has 0 aliphatic heterocycles. The monoisotopic (exact) mass is 287 g/mol. The first kappa shape index (κ1) is 15.3. The maximum absolute atomic E-state index is 12.0. The summed E-state index contributed by atoms with van der Waals surface area (Å²) in [5, 5.41) is 7.50. The van der Waals surface area contributed by atoms with Gasteiger partial charge in [0.05, 0.1) is 12.3 Å². The van der Waals surface area contributed by atoms with Crippen LogP contribution in [0.4, 0.5) is 0 Å². The summed E-state index contributed by atoms with van der Waals surface area (Å²) < 4.78 is 6.82. The number of hydrogen-bond acceptors (Lipinski definition) is 4. The second-order valence-electron chi connectivity index (χ2n) is 4.72. The molecule has 0 saturated heterocycles. The normalized spacial score (nSPS) is 10.6. The molecule has 0 aliphatic rings. The quantitative estimate of drug-likeness (QED) is 0.882. The Morgan fingerprint density at radius 3 is 2.57 bits per heavy atom. The highest BCUT2D eigenvalue weighted by molar-refractivity contribution is 5.60. The number of aromatic nitrogens is 2. The Balaban J connectivity index is 2.34. The van der Waals surface area contributed by atoms with Crippen LogP contribution in [0.3, 0.4) is 0 Å². The molecule has 0 unspecified atom stereocenters. The zero-order chi connectivity index (χ0) is 15.2. The maximum Gasteiger partial charge on any atom is 0.271 e. The lowest BCUT2D eigenvalue weighted by Crippen LogP contribution is -2.27. The summed E-state index contributed by atoms with van der Waals surface area (Å²) in [7, 11) is 1.68. The van der Waals surface area contributed by atoms with Crippen molar-refractivity contribution in [3.8, 4) is 17.0 Å². The molecule has 0 amide bonds. The third kappa shape index (κ3) is 3.70. The minimum Gasteiger partial charge on any atom is -0.494 e. The number of nitrogens with zero attached hydrogens (tertiary/aromatic N) is 2. The van der Waals surface area contributed by atoms with Gasteiger partial charge in [-0.05, 0) is 43.8 Å². The van der Waals surface area contributed by atoms with Crippen LogP contribution in [0.5, 0.6) is 5.75 Å². The van der Waals surface area contributed by atoms with Gasteiger partial charge in [-0.2, -0.15) is 5.10 Å². The molecule has 0 bridgehead atoms. The molecule has 0 radical (unpaired) electrons. The lowest BCUT2D eigenvalue weighted by atomic mass is 10.1. The zero-order valence-electron chi connectivity index (χ0n) is 12.7. The van der Waals surface area contributed by atoms with E-state index >= 15 is 0 Å². The van der Waals surface area contributed by atoms with Crippen molar-refractivity contribution < 1.29 is 4.74 Å². The Morgan fingerprint density at radius 2 is 1.95 bits per heavy atom. The summed E-state index contributed by atoms with van der Waals surface area (Å²) in [5.41, 5.74) is 2.41. The summed E-state index contributed by atoms with van der Waals surface area (Å²) in [6.45, 7) is 5.98. The highest BCUT2D eigenvalue weighted by Crippen LogP contribution is 2.20. The molecule has 112 valence electrons. The van der Waals surface area contributed by atoms with Crippen molar-refractivity contribution in [3.05, 3.63) is 46.2 Å². The van der Waals surface area contributed by atoms with E-state index in [1.807, 2.05) is 44.2 Å². The fraction of sp³-hybridized carbons (Fsp3) is 0.375. The molecule has 1 aromatic carbocycles. The predicted octanol–water partition coefficient (Wildman–Crippen LogP) is 1.96. The maximum atomic E-state index is 12.0. The summed E-state index contributed by atoms with van der Waals surface area (Å²) in [5.74, 6) is 0.832. The van der Waals surface area contributed by atoms with E-state index in [4.69, 9.17) is 4.74 Å². The number of hydrogen-bond donors (Lipinski definition) is 1. The molecule has 1 N–H and O–H groups in total. The van der Waals surface area contributed by atoms with Crippen molar-refractivity contribution in [2.24, 2.45) is 7.05 Å². The molecule has 1 aromatic heterocycles. The van der Waals surface area contributed by atoms with Crippen LogP contribution in [-0.4, -0.2) is 22.9 Å². The standard InChI is InChI=1S/C16H21N3O2/c1-4-17-11-13-10-15(18-19(3)16(13)20)12-6-8-14(9-7-12)21-5-2/h6-10,17H,4-5,11H2,1-3H3. The molecule has 2 aromatic rings. The van der Waals surface area contributed by atoms with Gasteiger partial charge in [-0.15, -0.1) is 0 Å². The lowest BCUT2D eigenvalue weighted by molar-refractivity contribution is 0.340. The number of ether oxygens (including phenoxy) is 1. The van der Waals surface area contributed by atoms with Gasteiger partial charge in [0.1, 0.15) is 5.75 Å². The topological polar surface area (TPSA) is 56.1 Å². The first-order chi connectivity index (χ1) is 10.2. The third-order valence-corrected chi connectivity index (χ3v) is 3.16. The van der Waals surface area contributed by atoms with Gasteiger partial charge < -0.3 is 10.1 Å². The number of rotatable bonds is 6. The molecule has 5 nitrogen and oxygen atoms in total. The second-order valence-corrected chi connectivity index (χ2v) is 4.72. The molecule has 2 rings (SSSR count). The molecule has 5 heteroatoms. The van der Waals surface area contributed by atoms with Crippen molar-refractivity contribution >= 4 is 0 Å². The Labute approximate surface area is 124 Å². The molecule has 0 spiro atoms. The highest BCUT2D eigenvalue weighted by atomic mass is 16.5. The minimum atomic E-state index is -0.0642. The Hall–Kier alpha value is -2.14. The minimum absolute atomic E-state index is 0.0642. The van der Waals surface area contributed by atoms with Crippen molar-refractivity contribution in [2.45, 2.75) is 20.4 Å². The summed E-state index contributed by atoms with van der Waals surface area (Å²) >= 11 is 0. The molecule has 0 saturated carbocycles. The van der Waals surface area contributed by atoms with Gasteiger partial charge in [0.2, 0.25) is 0 Å². The molecular weight excluding hydrogens is 266 g/mol. The van der Waals surface area contributed by atoms with Crippen molar-refractivity contribution in [1.82, 2.24) is 15.1 Å². The van der Waals surface area contributed by atoms with Crippen LogP contribution in [0, 0.1) is 0 Å². The van der Waals surface area contributed by atoms with E-state index in [0.29, 0.717) is 13.2 Å². The molecule has 0 fully saturated rings. The van der Waals surface area contributed by atoms with Crippen molar-refractivity contribution in [1.29, 1.82) is 0 Å². The van der Waals surface area contributed by atoms with Gasteiger partial charge in [0.25, 0.3) is 5.56 Å². The fourth-order valence-electron chi connectivity index (χ4n) is 2.09. The smallest absolute Gasteiger partial charge is 0.271 e. The van der Waals surface area contributed by atoms with Gasteiger partial charge in [0, 0.05) is 24.7 Å². The van der Waals surface area contributed by atoms with Crippen LogP contribution in [0.2, 0.25) is 0 Å². The predicted molar refractivity (Wildman–Crippen MR) is 83.5 cm³/mol. The van der Waals surface area contributed by atoms with Crippen LogP contribution in [0.25, 0.3) is 11.3 Å². The van der Waals surface area contributed by atoms with Crippen molar-refractivity contribution in [3.63, 3.8) is 0 Å². The Bertz CT molecular complexity index is 648. The second kappa shape index (κ2) is 7.04. The van der Waals surface area contributed by atoms with Crippen LogP contribution in [0.1, 0.15) is 19.4 Å². The van der Waals surface area contributed by atoms with Crippen LogP contribution >= 0.6 is 0 Å². The Kier molecular flexibility index (Phi) is 5.11. The van der Waals surface area contributed by atoms with Crippen LogP contribution < -0.4 is 15.6 Å². The van der Waals surface area contributed by atoms with E-state index < -0.39 is 0 Å². The van der Waals surface area contributed by atoms with Gasteiger partial charge in [-0.1, -0.05) is 6.92 Å². The first-order valence-corrected chi connectivity index (χ1v) is 7.16. The Morgan fingerprint density at radius 1 is 1.24 bits per heavy atom. The largest absolute Gasteiger partial charge is 0.494 e. The van der Waals surface area contributed by atoms with E-state index in [1.165, 1.54) is 4.68 Å². The van der Waals surface area contributed by atoms with E-state index in [1.54, 1.807) is 7.05 Å². The molecule has 21 heavy (non-hydrogen) atoms. The third-order valence-electron chi connectivity index (χ3n) is 3.16. The van der Waals surface area contributed by atoms with Gasteiger partial charge >= 0.3 is 0 Å². The van der Waals surface area contributed by atoms with E-state index in [2.05, 4.69) is 10.4 Å². The molecular formula is C16H21N3O2.